The van der Waals surface area contributed by atoms with Crippen LogP contribution in [0.2, 0.25) is 0 Å². The van der Waals surface area contributed by atoms with E-state index in [2.05, 4.69) is 26.1 Å². The number of nitrogens with one attached hydrogen (secondary N) is 1. The summed E-state index contributed by atoms with van der Waals surface area (Å²) >= 11 is 0. The van der Waals surface area contributed by atoms with Crippen LogP contribution in [0.1, 0.15) is 85.5 Å². The average molecular weight is 512 g/mol. The van der Waals surface area contributed by atoms with Crippen LogP contribution >= 0.6 is 0 Å². The molecular weight excluding hydrogens is 466 g/mol. The summed E-state index contributed by atoms with van der Waals surface area (Å²) in [6.45, 7) is 8.82. The van der Waals surface area contributed by atoms with E-state index in [4.69, 9.17) is 4.55 Å². The van der Waals surface area contributed by atoms with Crippen molar-refractivity contribution in [3.8, 4) is 0 Å². The normalized spacial score (nSPS) is 43.0. The summed E-state index contributed by atoms with van der Waals surface area (Å²) in [5.41, 5.74) is 0.270. The van der Waals surface area contributed by atoms with Gasteiger partial charge in [0.15, 0.2) is 0 Å². The van der Waals surface area contributed by atoms with Crippen molar-refractivity contribution < 1.29 is 27.7 Å². The fourth-order valence-corrected chi connectivity index (χ4v) is 9.55. The number of amides is 1. The second kappa shape index (κ2) is 9.71. The third-order valence-electron chi connectivity index (χ3n) is 11.0. The van der Waals surface area contributed by atoms with Crippen LogP contribution in [-0.2, 0) is 19.7 Å². The van der Waals surface area contributed by atoms with E-state index in [1.54, 1.807) is 0 Å². The highest BCUT2D eigenvalue weighted by Gasteiger charge is 2.63. The number of aliphatic hydroxyl groups excluding tert-OH is 1. The van der Waals surface area contributed by atoms with E-state index in [1.165, 1.54) is 0 Å². The van der Waals surface area contributed by atoms with E-state index in [-0.39, 0.29) is 41.2 Å². The van der Waals surface area contributed by atoms with Crippen molar-refractivity contribution in [2.24, 2.45) is 52.3 Å². The summed E-state index contributed by atoms with van der Waals surface area (Å²) in [7, 11) is -4.09. The molecule has 0 aromatic carbocycles. The average Bonchev–Trinajstić information content (AvgIpc) is 3.11. The minimum atomic E-state index is -4.09. The van der Waals surface area contributed by atoms with Gasteiger partial charge in [0.25, 0.3) is 10.1 Å². The Balaban J connectivity index is 1.42. The molecule has 0 aromatic heterocycles. The van der Waals surface area contributed by atoms with Crippen LogP contribution < -0.4 is 5.32 Å². The molecule has 10 unspecified atom stereocenters. The van der Waals surface area contributed by atoms with Crippen molar-refractivity contribution in [3.63, 3.8) is 0 Å². The third kappa shape index (κ3) is 5.08. The number of aliphatic hydroxyl groups is 1. The highest BCUT2D eigenvalue weighted by molar-refractivity contribution is 7.85. The molecule has 0 radical (unpaired) electrons. The van der Waals surface area contributed by atoms with Gasteiger partial charge in [-0.25, -0.2) is 0 Å². The quantitative estimate of drug-likeness (QED) is 0.447. The Morgan fingerprint density at radius 1 is 1.09 bits per heavy atom. The maximum atomic E-state index is 13.5. The molecule has 0 spiro atoms. The van der Waals surface area contributed by atoms with E-state index < -0.39 is 15.9 Å². The fraction of sp³-hybridized carbons (Fsp3) is 0.926. The van der Waals surface area contributed by atoms with Gasteiger partial charge >= 0.3 is 0 Å². The first kappa shape index (κ1) is 27.1. The first-order chi connectivity index (χ1) is 16.3. The van der Waals surface area contributed by atoms with Crippen molar-refractivity contribution in [2.45, 2.75) is 91.6 Å². The molecule has 7 nitrogen and oxygen atoms in total. The van der Waals surface area contributed by atoms with E-state index in [0.717, 1.165) is 51.4 Å². The summed E-state index contributed by atoms with van der Waals surface area (Å²) in [5, 5.41) is 12.9. The molecule has 4 aliphatic carbocycles. The molecular formula is C27H45NO6S. The van der Waals surface area contributed by atoms with Gasteiger partial charge in [-0.05, 0) is 91.8 Å². The van der Waals surface area contributed by atoms with Crippen LogP contribution in [0.4, 0.5) is 0 Å². The van der Waals surface area contributed by atoms with Gasteiger partial charge in [-0.3, -0.25) is 14.1 Å². The predicted octanol–water partition coefficient (Wildman–Crippen LogP) is 3.85. The number of hydrogen-bond acceptors (Lipinski definition) is 5. The summed E-state index contributed by atoms with van der Waals surface area (Å²) in [5.74, 6) is 1.64. The first-order valence-corrected chi connectivity index (χ1v) is 15.3. The largest absolute Gasteiger partial charge is 0.393 e. The van der Waals surface area contributed by atoms with E-state index in [0.29, 0.717) is 41.8 Å². The smallest absolute Gasteiger partial charge is 0.266 e. The topological polar surface area (TPSA) is 121 Å². The van der Waals surface area contributed by atoms with Crippen LogP contribution in [0.15, 0.2) is 0 Å². The van der Waals surface area contributed by atoms with Gasteiger partial charge < -0.3 is 10.4 Å². The van der Waals surface area contributed by atoms with Crippen molar-refractivity contribution >= 4 is 21.8 Å². The number of rotatable bonds is 7. The van der Waals surface area contributed by atoms with Gasteiger partial charge in [-0.2, -0.15) is 8.42 Å². The number of hydrogen-bond donors (Lipinski definition) is 3. The van der Waals surface area contributed by atoms with Crippen LogP contribution in [-0.4, -0.2) is 48.2 Å². The molecule has 4 aliphatic rings. The first-order valence-electron chi connectivity index (χ1n) is 13.7. The lowest BCUT2D eigenvalue weighted by Crippen LogP contribution is -2.57. The molecule has 3 N–H and O–H groups in total. The Hall–Kier alpha value is -0.990. The monoisotopic (exact) mass is 511 g/mol. The molecule has 0 aromatic rings. The predicted molar refractivity (Wildman–Crippen MR) is 134 cm³/mol. The molecule has 35 heavy (non-hydrogen) atoms. The van der Waals surface area contributed by atoms with Crippen molar-refractivity contribution in [1.29, 1.82) is 0 Å². The van der Waals surface area contributed by atoms with Gasteiger partial charge in [-0.15, -0.1) is 0 Å². The second-order valence-corrected chi connectivity index (χ2v) is 14.5. The summed E-state index contributed by atoms with van der Waals surface area (Å²) < 4.78 is 30.7. The van der Waals surface area contributed by atoms with Crippen LogP contribution in [0.25, 0.3) is 0 Å². The fourth-order valence-electron chi connectivity index (χ4n) is 9.19. The summed E-state index contributed by atoms with van der Waals surface area (Å²) in [4.78, 5) is 26.1. The number of carbonyl (C=O) groups excluding carboxylic acids is 2. The number of ketones is 1. The van der Waals surface area contributed by atoms with E-state index in [9.17, 15) is 23.1 Å². The zero-order chi connectivity index (χ0) is 25.8. The molecule has 0 heterocycles. The molecule has 0 aliphatic heterocycles. The minimum absolute atomic E-state index is 0.0818. The molecule has 1 amide bonds. The van der Waals surface area contributed by atoms with Crippen molar-refractivity contribution in [3.05, 3.63) is 0 Å². The van der Waals surface area contributed by atoms with Gasteiger partial charge in [0, 0.05) is 24.8 Å². The van der Waals surface area contributed by atoms with Gasteiger partial charge in [0.05, 0.1) is 11.9 Å². The molecule has 0 saturated heterocycles. The zero-order valence-corrected chi connectivity index (χ0v) is 22.6. The summed E-state index contributed by atoms with van der Waals surface area (Å²) in [6, 6.07) is 0. The van der Waals surface area contributed by atoms with E-state index >= 15 is 0 Å². The lowest BCUT2D eigenvalue weighted by molar-refractivity contribution is -0.160. The molecule has 8 heteroatoms. The highest BCUT2D eigenvalue weighted by atomic mass is 32.2. The number of Topliss-reactive ketones (excluding diaryl/α,β-unsaturated/α-hetero) is 1. The van der Waals surface area contributed by atoms with Crippen LogP contribution in [0, 0.1) is 52.3 Å². The Bertz CT molecular complexity index is 936. The molecule has 0 bridgehead atoms. The third-order valence-corrected chi connectivity index (χ3v) is 11.8. The van der Waals surface area contributed by atoms with Gasteiger partial charge in [0.1, 0.15) is 5.78 Å². The van der Waals surface area contributed by atoms with E-state index in [1.807, 2.05) is 6.92 Å². The standard InChI is InChI=1S/C27H45NO6S/c1-16(13-17(2)25(31)28-11-12-35(32,33)34)20-5-6-21-24-22(8-10-27(20,21)4)26(3)9-7-19(29)14-18(26)15-23(24)30/h16-22,24,29H,5-15H2,1-4H3,(H,28,31)(H,32,33,34). The summed E-state index contributed by atoms with van der Waals surface area (Å²) in [6.07, 6.45) is 8.14. The Morgan fingerprint density at radius 2 is 1.74 bits per heavy atom. The number of fused-ring (bicyclic) bond motifs is 5. The molecule has 4 rings (SSSR count). The molecule has 4 saturated carbocycles. The maximum Gasteiger partial charge on any atom is 0.266 e. The lowest BCUT2D eigenvalue weighted by atomic mass is 9.44. The van der Waals surface area contributed by atoms with Crippen molar-refractivity contribution in [2.75, 3.05) is 12.3 Å². The molecule has 10 atom stereocenters. The minimum Gasteiger partial charge on any atom is -0.393 e. The van der Waals surface area contributed by atoms with Crippen LogP contribution in [0.3, 0.4) is 0 Å². The second-order valence-electron chi connectivity index (χ2n) is 13.0. The maximum absolute atomic E-state index is 13.5. The SMILES string of the molecule is CC(CC(C)C1CCC2C3C(=O)CC4CC(O)CCC4(C)C3CCC12C)C(=O)NCCS(=O)(=O)O. The highest BCUT2D eigenvalue weighted by Crippen LogP contribution is 2.67. The Kier molecular flexibility index (Phi) is 7.51. The van der Waals surface area contributed by atoms with Gasteiger partial charge in [0.2, 0.25) is 5.91 Å². The Morgan fingerprint density at radius 3 is 2.43 bits per heavy atom. The number of carbonyl (C=O) groups is 2. The molecule has 4 fully saturated rings. The lowest BCUT2D eigenvalue weighted by Gasteiger charge is -2.60. The Labute approximate surface area is 211 Å². The van der Waals surface area contributed by atoms with Crippen LogP contribution in [0.5, 0.6) is 0 Å². The van der Waals surface area contributed by atoms with Crippen molar-refractivity contribution in [1.82, 2.24) is 5.32 Å². The molecule has 200 valence electrons. The zero-order valence-electron chi connectivity index (χ0n) is 21.8. The van der Waals surface area contributed by atoms with Gasteiger partial charge in [-0.1, -0.05) is 27.7 Å².